The number of benzene rings is 1. The molecule has 0 aromatic heterocycles. The average Bonchev–Trinajstić information content (AvgIpc) is 3.22. The fourth-order valence-electron chi connectivity index (χ4n) is 2.00. The van der Waals surface area contributed by atoms with Crippen LogP contribution in [-0.2, 0) is 11.3 Å². The van der Waals surface area contributed by atoms with Crippen molar-refractivity contribution in [3.05, 3.63) is 35.9 Å². The molecule has 19 heavy (non-hydrogen) atoms. The zero-order valence-corrected chi connectivity index (χ0v) is 10.5. The number of nitrogens with one attached hydrogen (secondary N) is 1. The summed E-state index contributed by atoms with van der Waals surface area (Å²) in [5, 5.41) is 0. The highest BCUT2D eigenvalue weighted by Gasteiger charge is 2.43. The molecule has 0 bridgehead atoms. The second kappa shape index (κ2) is 5.63. The summed E-state index contributed by atoms with van der Waals surface area (Å²) in [6.45, 7) is -0.186. The maximum absolute atomic E-state index is 13.6. The number of alkyl halides is 2. The van der Waals surface area contributed by atoms with Gasteiger partial charge in [0.15, 0.2) is 0 Å². The molecule has 0 heterocycles. The standard InChI is InChI=1S/C13H17F2N3O/c14-13(15,12(19)17-16)9-18(11-6-7-11)8-10-4-2-1-3-5-10/h1-5,11H,6-9,16H2,(H,17,19). The molecule has 1 amide bonds. The van der Waals surface area contributed by atoms with E-state index in [0.717, 1.165) is 18.4 Å². The summed E-state index contributed by atoms with van der Waals surface area (Å²) in [5.74, 6) is -0.125. The van der Waals surface area contributed by atoms with E-state index in [-0.39, 0.29) is 6.04 Å². The van der Waals surface area contributed by atoms with Gasteiger partial charge in [-0.25, -0.2) is 5.84 Å². The summed E-state index contributed by atoms with van der Waals surface area (Å²) in [6.07, 6.45) is 1.79. The average molecular weight is 269 g/mol. The first-order valence-electron chi connectivity index (χ1n) is 6.20. The third-order valence-electron chi connectivity index (χ3n) is 3.16. The van der Waals surface area contributed by atoms with Gasteiger partial charge in [-0.15, -0.1) is 0 Å². The molecule has 1 aromatic carbocycles. The Hall–Kier alpha value is -1.53. The number of hydrazine groups is 1. The van der Waals surface area contributed by atoms with Crippen LogP contribution in [0.1, 0.15) is 18.4 Å². The summed E-state index contributed by atoms with van der Waals surface area (Å²) in [6, 6.07) is 9.52. The minimum atomic E-state index is -3.47. The highest BCUT2D eigenvalue weighted by atomic mass is 19.3. The zero-order chi connectivity index (χ0) is 13.9. The molecule has 104 valence electrons. The first kappa shape index (κ1) is 13.9. The molecule has 2 rings (SSSR count). The van der Waals surface area contributed by atoms with E-state index in [1.165, 1.54) is 5.43 Å². The van der Waals surface area contributed by atoms with Gasteiger partial charge in [0.1, 0.15) is 0 Å². The third-order valence-corrected chi connectivity index (χ3v) is 3.16. The van der Waals surface area contributed by atoms with Crippen LogP contribution in [0.3, 0.4) is 0 Å². The number of rotatable bonds is 6. The minimum absolute atomic E-state index is 0.136. The normalized spacial score (nSPS) is 15.6. The van der Waals surface area contributed by atoms with Crippen molar-refractivity contribution in [2.45, 2.75) is 31.4 Å². The van der Waals surface area contributed by atoms with Gasteiger partial charge in [-0.05, 0) is 18.4 Å². The Balaban J connectivity index is 2.03. The largest absolute Gasteiger partial charge is 0.338 e. The number of nitrogens with zero attached hydrogens (tertiary/aromatic N) is 1. The van der Waals surface area contributed by atoms with Gasteiger partial charge in [-0.2, -0.15) is 8.78 Å². The molecule has 0 atom stereocenters. The summed E-state index contributed by atoms with van der Waals surface area (Å²) in [4.78, 5) is 12.7. The molecule has 0 spiro atoms. The molecule has 0 saturated heterocycles. The van der Waals surface area contributed by atoms with E-state index >= 15 is 0 Å². The van der Waals surface area contributed by atoms with E-state index in [1.54, 1.807) is 4.90 Å². The van der Waals surface area contributed by atoms with E-state index in [9.17, 15) is 13.6 Å². The van der Waals surface area contributed by atoms with Crippen molar-refractivity contribution in [1.29, 1.82) is 0 Å². The summed E-state index contributed by atoms with van der Waals surface area (Å²) in [5.41, 5.74) is 2.48. The van der Waals surface area contributed by atoms with Crippen molar-refractivity contribution in [1.82, 2.24) is 10.3 Å². The number of carbonyl (C=O) groups is 1. The molecule has 1 fully saturated rings. The minimum Gasteiger partial charge on any atom is -0.290 e. The number of hydrogen-bond donors (Lipinski definition) is 2. The first-order valence-corrected chi connectivity index (χ1v) is 6.20. The van der Waals surface area contributed by atoms with E-state index in [2.05, 4.69) is 0 Å². The van der Waals surface area contributed by atoms with Crippen molar-refractivity contribution < 1.29 is 13.6 Å². The van der Waals surface area contributed by atoms with E-state index in [1.807, 2.05) is 30.3 Å². The van der Waals surface area contributed by atoms with Gasteiger partial charge in [0.2, 0.25) is 0 Å². The SMILES string of the molecule is NNC(=O)C(F)(F)CN(Cc1ccccc1)C1CC1. The molecule has 4 nitrogen and oxygen atoms in total. The monoisotopic (exact) mass is 269 g/mol. The van der Waals surface area contributed by atoms with Gasteiger partial charge in [-0.3, -0.25) is 15.1 Å². The Kier molecular flexibility index (Phi) is 4.11. The first-order chi connectivity index (χ1) is 9.03. The van der Waals surface area contributed by atoms with Gasteiger partial charge in [-0.1, -0.05) is 30.3 Å². The topological polar surface area (TPSA) is 58.4 Å². The zero-order valence-electron chi connectivity index (χ0n) is 10.5. The van der Waals surface area contributed by atoms with Crippen molar-refractivity contribution >= 4 is 5.91 Å². The Labute approximate surface area is 110 Å². The lowest BCUT2D eigenvalue weighted by molar-refractivity contribution is -0.148. The fourth-order valence-corrected chi connectivity index (χ4v) is 2.00. The molecule has 6 heteroatoms. The smallest absolute Gasteiger partial charge is 0.290 e. The van der Waals surface area contributed by atoms with Crippen molar-refractivity contribution in [2.75, 3.05) is 6.54 Å². The van der Waals surface area contributed by atoms with Crippen LogP contribution in [0, 0.1) is 0 Å². The molecular weight excluding hydrogens is 252 g/mol. The molecule has 1 aliphatic carbocycles. The van der Waals surface area contributed by atoms with E-state index in [4.69, 9.17) is 5.84 Å². The number of carbonyl (C=O) groups excluding carboxylic acids is 1. The van der Waals surface area contributed by atoms with Gasteiger partial charge >= 0.3 is 11.8 Å². The Morgan fingerprint density at radius 1 is 1.37 bits per heavy atom. The van der Waals surface area contributed by atoms with Crippen LogP contribution in [0.15, 0.2) is 30.3 Å². The highest BCUT2D eigenvalue weighted by Crippen LogP contribution is 2.31. The third kappa shape index (κ3) is 3.71. The van der Waals surface area contributed by atoms with Crippen LogP contribution >= 0.6 is 0 Å². The Morgan fingerprint density at radius 3 is 2.53 bits per heavy atom. The summed E-state index contributed by atoms with van der Waals surface area (Å²) < 4.78 is 27.2. The van der Waals surface area contributed by atoms with Crippen LogP contribution in [0.4, 0.5) is 8.78 Å². The Bertz CT molecular complexity index is 435. The highest BCUT2D eigenvalue weighted by molar-refractivity contribution is 5.83. The molecule has 0 aliphatic heterocycles. The predicted octanol–water partition coefficient (Wildman–Crippen LogP) is 1.28. The summed E-state index contributed by atoms with van der Waals surface area (Å²) >= 11 is 0. The lowest BCUT2D eigenvalue weighted by atomic mass is 10.2. The van der Waals surface area contributed by atoms with Gasteiger partial charge < -0.3 is 0 Å². The number of halogens is 2. The van der Waals surface area contributed by atoms with Gasteiger partial charge in [0.25, 0.3) is 0 Å². The van der Waals surface area contributed by atoms with Gasteiger partial charge in [0, 0.05) is 12.6 Å². The molecule has 0 radical (unpaired) electrons. The Morgan fingerprint density at radius 2 is 2.00 bits per heavy atom. The quantitative estimate of drug-likeness (QED) is 0.464. The maximum Gasteiger partial charge on any atom is 0.338 e. The van der Waals surface area contributed by atoms with Crippen molar-refractivity contribution in [2.24, 2.45) is 5.84 Å². The van der Waals surface area contributed by atoms with Crippen LogP contribution < -0.4 is 11.3 Å². The molecule has 1 aliphatic rings. The lowest BCUT2D eigenvalue weighted by Gasteiger charge is -2.26. The van der Waals surface area contributed by atoms with Gasteiger partial charge in [0.05, 0.1) is 6.54 Å². The van der Waals surface area contributed by atoms with Crippen LogP contribution in [0.25, 0.3) is 0 Å². The molecule has 0 unspecified atom stereocenters. The van der Waals surface area contributed by atoms with E-state index in [0.29, 0.717) is 6.54 Å². The fraction of sp³-hybridized carbons (Fsp3) is 0.462. The van der Waals surface area contributed by atoms with Crippen LogP contribution in [0.2, 0.25) is 0 Å². The second-order valence-electron chi connectivity index (χ2n) is 4.80. The predicted molar refractivity (Wildman–Crippen MR) is 67.2 cm³/mol. The maximum atomic E-state index is 13.6. The summed E-state index contributed by atoms with van der Waals surface area (Å²) in [7, 11) is 0. The number of nitrogens with two attached hydrogens (primary N) is 1. The molecular formula is C13H17F2N3O. The molecule has 1 saturated carbocycles. The van der Waals surface area contributed by atoms with E-state index < -0.39 is 18.4 Å². The van der Waals surface area contributed by atoms with Crippen LogP contribution in [0.5, 0.6) is 0 Å². The molecule has 1 aromatic rings. The second-order valence-corrected chi connectivity index (χ2v) is 4.80. The number of hydrogen-bond acceptors (Lipinski definition) is 3. The van der Waals surface area contributed by atoms with Crippen molar-refractivity contribution in [3.8, 4) is 0 Å². The lowest BCUT2D eigenvalue weighted by Crippen LogP contribution is -2.50. The van der Waals surface area contributed by atoms with Crippen molar-refractivity contribution in [3.63, 3.8) is 0 Å². The molecule has 3 N–H and O–H groups in total. The van der Waals surface area contributed by atoms with Crippen LogP contribution in [-0.4, -0.2) is 29.3 Å². The number of amides is 1.